The van der Waals surface area contributed by atoms with E-state index in [1.807, 2.05) is 53.0 Å². The highest BCUT2D eigenvalue weighted by Gasteiger charge is 2.26. The predicted molar refractivity (Wildman–Crippen MR) is 107 cm³/mol. The summed E-state index contributed by atoms with van der Waals surface area (Å²) in [4.78, 5) is 19.4. The van der Waals surface area contributed by atoms with Crippen molar-refractivity contribution < 1.29 is 9.53 Å². The zero-order valence-electron chi connectivity index (χ0n) is 16.1. The van der Waals surface area contributed by atoms with Crippen molar-refractivity contribution in [1.82, 2.24) is 19.8 Å². The fourth-order valence-electron chi connectivity index (χ4n) is 3.63. The molecule has 6 nitrogen and oxygen atoms in total. The Morgan fingerprint density at radius 2 is 1.89 bits per heavy atom. The first kappa shape index (κ1) is 18.1. The predicted octanol–water partition coefficient (Wildman–Crippen LogP) is 3.29. The molecule has 2 aromatic carbocycles. The minimum atomic E-state index is -0.337. The third kappa shape index (κ3) is 3.58. The van der Waals surface area contributed by atoms with E-state index in [4.69, 9.17) is 4.74 Å². The molecular formula is C22H24N4O2. The van der Waals surface area contributed by atoms with Crippen LogP contribution >= 0.6 is 0 Å². The molecule has 144 valence electrons. The number of hydrogen-bond donors (Lipinski definition) is 1. The molecule has 2 heterocycles. The van der Waals surface area contributed by atoms with E-state index in [1.54, 1.807) is 13.3 Å². The van der Waals surface area contributed by atoms with Crippen LogP contribution in [0.5, 0.6) is 5.75 Å². The molecule has 1 unspecified atom stereocenters. The topological polar surface area (TPSA) is 59.4 Å². The number of hydrogen-bond acceptors (Lipinski definition) is 3. The summed E-state index contributed by atoms with van der Waals surface area (Å²) in [5.74, 6) is 1.57. The molecule has 0 bridgehead atoms. The van der Waals surface area contributed by atoms with Crippen LogP contribution in [0.4, 0.5) is 4.79 Å². The van der Waals surface area contributed by atoms with Crippen molar-refractivity contribution in [3.05, 3.63) is 83.4 Å². The third-order valence-corrected chi connectivity index (χ3v) is 5.25. The van der Waals surface area contributed by atoms with Crippen LogP contribution in [0.2, 0.25) is 0 Å². The van der Waals surface area contributed by atoms with E-state index in [2.05, 4.69) is 28.5 Å². The fraction of sp³-hybridized carbons (Fsp3) is 0.273. The van der Waals surface area contributed by atoms with E-state index >= 15 is 0 Å². The van der Waals surface area contributed by atoms with Crippen molar-refractivity contribution in [2.24, 2.45) is 7.05 Å². The van der Waals surface area contributed by atoms with Crippen molar-refractivity contribution in [2.75, 3.05) is 13.7 Å². The van der Waals surface area contributed by atoms with Crippen LogP contribution in [0.25, 0.3) is 0 Å². The first-order chi connectivity index (χ1) is 13.7. The van der Waals surface area contributed by atoms with Crippen LogP contribution in [0, 0.1) is 0 Å². The van der Waals surface area contributed by atoms with Crippen LogP contribution in [0.1, 0.15) is 28.6 Å². The van der Waals surface area contributed by atoms with Gasteiger partial charge < -0.3 is 19.5 Å². The molecule has 4 rings (SSSR count). The monoisotopic (exact) mass is 376 g/mol. The van der Waals surface area contributed by atoms with Gasteiger partial charge in [0.25, 0.3) is 0 Å². The van der Waals surface area contributed by atoms with Crippen LogP contribution in [0.3, 0.4) is 0 Å². The van der Waals surface area contributed by atoms with Gasteiger partial charge in [-0.2, -0.15) is 0 Å². The van der Waals surface area contributed by atoms with Gasteiger partial charge in [0.15, 0.2) is 0 Å². The van der Waals surface area contributed by atoms with Crippen molar-refractivity contribution in [1.29, 1.82) is 0 Å². The average Bonchev–Trinajstić information content (AvgIpc) is 3.17. The molecule has 3 aromatic rings. The summed E-state index contributed by atoms with van der Waals surface area (Å²) < 4.78 is 7.19. The van der Waals surface area contributed by atoms with E-state index in [1.165, 1.54) is 11.1 Å². The summed E-state index contributed by atoms with van der Waals surface area (Å²) in [6, 6.07) is 15.6. The molecule has 0 saturated carbocycles. The van der Waals surface area contributed by atoms with E-state index in [9.17, 15) is 4.79 Å². The Balaban J connectivity index is 1.57. The minimum absolute atomic E-state index is 0.0849. The minimum Gasteiger partial charge on any atom is -0.497 e. The van der Waals surface area contributed by atoms with Gasteiger partial charge in [-0.25, -0.2) is 9.78 Å². The highest BCUT2D eigenvalue weighted by Crippen LogP contribution is 2.24. The quantitative estimate of drug-likeness (QED) is 0.760. The van der Waals surface area contributed by atoms with Gasteiger partial charge >= 0.3 is 6.03 Å². The number of amides is 2. The SMILES string of the molecule is COc1ccc(C(NC(=O)N2CCc3ccccc3C2)c2nccn2C)cc1. The normalized spacial score (nSPS) is 14.3. The van der Waals surface area contributed by atoms with Gasteiger partial charge in [-0.15, -0.1) is 0 Å². The van der Waals surface area contributed by atoms with E-state index in [0.29, 0.717) is 13.1 Å². The number of carbonyl (C=O) groups is 1. The molecule has 1 N–H and O–H groups in total. The maximum atomic E-state index is 13.1. The van der Waals surface area contributed by atoms with Gasteiger partial charge in [0.05, 0.1) is 7.11 Å². The fourth-order valence-corrected chi connectivity index (χ4v) is 3.63. The average molecular weight is 376 g/mol. The zero-order chi connectivity index (χ0) is 19.5. The number of ether oxygens (including phenoxy) is 1. The lowest BCUT2D eigenvalue weighted by Crippen LogP contribution is -2.44. The van der Waals surface area contributed by atoms with Crippen LogP contribution in [-0.2, 0) is 20.0 Å². The van der Waals surface area contributed by atoms with Crippen LogP contribution < -0.4 is 10.1 Å². The van der Waals surface area contributed by atoms with Gasteiger partial charge in [-0.05, 0) is 35.2 Å². The number of benzene rings is 2. The molecule has 1 aromatic heterocycles. The van der Waals surface area contributed by atoms with Gasteiger partial charge in [-0.3, -0.25) is 0 Å². The van der Waals surface area contributed by atoms with Gasteiger partial charge in [-0.1, -0.05) is 36.4 Å². The smallest absolute Gasteiger partial charge is 0.318 e. The Bertz CT molecular complexity index is 965. The highest BCUT2D eigenvalue weighted by molar-refractivity contribution is 5.75. The highest BCUT2D eigenvalue weighted by atomic mass is 16.5. The number of aromatic nitrogens is 2. The molecule has 0 spiro atoms. The second kappa shape index (κ2) is 7.76. The molecule has 0 saturated heterocycles. The molecule has 0 aliphatic carbocycles. The number of methoxy groups -OCH3 is 1. The van der Waals surface area contributed by atoms with E-state index in [0.717, 1.165) is 23.6 Å². The number of rotatable bonds is 4. The van der Waals surface area contributed by atoms with E-state index < -0.39 is 0 Å². The molecule has 0 fully saturated rings. The molecule has 1 aliphatic heterocycles. The maximum Gasteiger partial charge on any atom is 0.318 e. The molecule has 1 aliphatic rings. The molecular weight excluding hydrogens is 352 g/mol. The van der Waals surface area contributed by atoms with Gasteiger partial charge in [0, 0.05) is 32.5 Å². The molecule has 28 heavy (non-hydrogen) atoms. The number of aryl methyl sites for hydroxylation is 1. The largest absolute Gasteiger partial charge is 0.497 e. The summed E-state index contributed by atoms with van der Waals surface area (Å²) in [5, 5.41) is 3.18. The number of urea groups is 1. The van der Waals surface area contributed by atoms with Crippen LogP contribution in [0.15, 0.2) is 60.9 Å². The maximum absolute atomic E-state index is 13.1. The van der Waals surface area contributed by atoms with Crippen molar-refractivity contribution in [3.8, 4) is 5.75 Å². The summed E-state index contributed by atoms with van der Waals surface area (Å²) in [6.45, 7) is 1.33. The molecule has 1 atom stereocenters. The summed E-state index contributed by atoms with van der Waals surface area (Å²) in [6.07, 6.45) is 4.50. The first-order valence-corrected chi connectivity index (χ1v) is 9.39. The summed E-state index contributed by atoms with van der Waals surface area (Å²) in [5.41, 5.74) is 3.49. The third-order valence-electron chi connectivity index (χ3n) is 5.25. The molecule has 0 radical (unpaired) electrons. The van der Waals surface area contributed by atoms with Crippen molar-refractivity contribution in [2.45, 2.75) is 19.0 Å². The first-order valence-electron chi connectivity index (χ1n) is 9.39. The molecule has 6 heteroatoms. The Morgan fingerprint density at radius 1 is 1.14 bits per heavy atom. The Labute approximate surface area is 164 Å². The Kier molecular flexibility index (Phi) is 5.02. The lowest BCUT2D eigenvalue weighted by Gasteiger charge is -2.31. The standard InChI is InChI=1S/C22H24N4O2/c1-25-14-12-23-21(25)20(17-7-9-19(28-2)10-8-17)24-22(27)26-13-11-16-5-3-4-6-18(16)15-26/h3-10,12,14,20H,11,13,15H2,1-2H3,(H,24,27). The molecule has 2 amide bonds. The lowest BCUT2D eigenvalue weighted by molar-refractivity contribution is 0.189. The van der Waals surface area contributed by atoms with Gasteiger partial charge in [0.2, 0.25) is 0 Å². The number of nitrogens with zero attached hydrogens (tertiary/aromatic N) is 3. The zero-order valence-corrected chi connectivity index (χ0v) is 16.1. The van der Waals surface area contributed by atoms with Gasteiger partial charge in [0.1, 0.15) is 17.6 Å². The number of fused-ring (bicyclic) bond motifs is 1. The summed E-state index contributed by atoms with van der Waals surface area (Å²) >= 11 is 0. The Morgan fingerprint density at radius 3 is 2.57 bits per heavy atom. The Hall–Kier alpha value is -3.28. The van der Waals surface area contributed by atoms with Crippen molar-refractivity contribution in [3.63, 3.8) is 0 Å². The van der Waals surface area contributed by atoms with E-state index in [-0.39, 0.29) is 12.1 Å². The number of carbonyl (C=O) groups excluding carboxylic acids is 1. The van der Waals surface area contributed by atoms with Crippen LogP contribution in [-0.4, -0.2) is 34.1 Å². The second-order valence-corrected chi connectivity index (χ2v) is 6.99. The second-order valence-electron chi connectivity index (χ2n) is 6.99. The van der Waals surface area contributed by atoms with Crippen molar-refractivity contribution >= 4 is 6.03 Å². The summed E-state index contributed by atoms with van der Waals surface area (Å²) in [7, 11) is 3.57. The number of imidazole rings is 1. The number of nitrogens with one attached hydrogen (secondary N) is 1. The lowest BCUT2D eigenvalue weighted by atomic mass is 10.0.